The van der Waals surface area contributed by atoms with E-state index in [-0.39, 0.29) is 16.4 Å². The van der Waals surface area contributed by atoms with Gasteiger partial charge in [0, 0.05) is 4.88 Å². The molecule has 3 rings (SSSR count). The van der Waals surface area contributed by atoms with E-state index < -0.39 is 23.6 Å². The molecule has 1 N–H and O–H groups in total. The van der Waals surface area contributed by atoms with Crippen LogP contribution in [0.5, 0.6) is 0 Å². The van der Waals surface area contributed by atoms with E-state index in [1.807, 2.05) is 18.4 Å². The van der Waals surface area contributed by atoms with Crippen molar-refractivity contribution >= 4 is 52.2 Å². The van der Waals surface area contributed by atoms with Crippen LogP contribution in [-0.2, 0) is 15.8 Å². The fraction of sp³-hybridized carbons (Fsp3) is 0.118. The zero-order valence-electron chi connectivity index (χ0n) is 13.3. The maximum absolute atomic E-state index is 12.9. The minimum absolute atomic E-state index is 0.0661. The van der Waals surface area contributed by atoms with Crippen LogP contribution in [0.1, 0.15) is 16.0 Å². The van der Waals surface area contributed by atoms with E-state index in [1.54, 1.807) is 0 Å². The lowest BCUT2D eigenvalue weighted by Gasteiger charge is -2.29. The molecule has 0 spiro atoms. The van der Waals surface area contributed by atoms with Crippen molar-refractivity contribution in [2.75, 3.05) is 4.90 Å². The van der Waals surface area contributed by atoms with E-state index in [0.29, 0.717) is 4.88 Å². The number of amides is 2. The van der Waals surface area contributed by atoms with E-state index in [2.05, 4.69) is 5.32 Å². The highest BCUT2D eigenvalue weighted by Gasteiger charge is 2.36. The van der Waals surface area contributed by atoms with Gasteiger partial charge >= 0.3 is 6.18 Å². The van der Waals surface area contributed by atoms with Crippen LogP contribution in [0.2, 0.25) is 0 Å². The summed E-state index contributed by atoms with van der Waals surface area (Å²) in [6.45, 7) is 1.82. The second-order valence-electron chi connectivity index (χ2n) is 5.47. The largest absolute Gasteiger partial charge is 0.416 e. The van der Waals surface area contributed by atoms with Gasteiger partial charge in [0.05, 0.1) is 11.3 Å². The molecule has 4 nitrogen and oxygen atoms in total. The Bertz CT molecular complexity index is 947. The number of rotatable bonds is 2. The third-order valence-corrected chi connectivity index (χ3v) is 4.96. The number of nitrogens with zero attached hydrogens (tertiary/aromatic N) is 1. The predicted molar refractivity (Wildman–Crippen MR) is 96.7 cm³/mol. The van der Waals surface area contributed by atoms with Crippen LogP contribution < -0.4 is 10.2 Å². The topological polar surface area (TPSA) is 49.4 Å². The van der Waals surface area contributed by atoms with E-state index in [1.165, 1.54) is 29.5 Å². The van der Waals surface area contributed by atoms with Crippen LogP contribution in [0.3, 0.4) is 0 Å². The van der Waals surface area contributed by atoms with Gasteiger partial charge in [-0.25, -0.2) is 0 Å². The zero-order valence-corrected chi connectivity index (χ0v) is 14.9. The fourth-order valence-electron chi connectivity index (χ4n) is 2.38. The summed E-state index contributed by atoms with van der Waals surface area (Å²) in [7, 11) is 0. The molecule has 134 valence electrons. The van der Waals surface area contributed by atoms with Gasteiger partial charge in [0.25, 0.3) is 11.8 Å². The van der Waals surface area contributed by atoms with Gasteiger partial charge in [-0.3, -0.25) is 19.8 Å². The van der Waals surface area contributed by atoms with Gasteiger partial charge in [-0.05, 0) is 60.4 Å². The Hall–Kier alpha value is -2.52. The summed E-state index contributed by atoms with van der Waals surface area (Å²) in [6, 6.07) is 6.04. The number of anilines is 1. The van der Waals surface area contributed by atoms with Gasteiger partial charge in [-0.2, -0.15) is 13.2 Å². The predicted octanol–water partition coefficient (Wildman–Crippen LogP) is 3.91. The lowest BCUT2D eigenvalue weighted by atomic mass is 10.1. The van der Waals surface area contributed by atoms with Crippen molar-refractivity contribution in [3.05, 3.63) is 57.3 Å². The summed E-state index contributed by atoms with van der Waals surface area (Å²) < 4.78 is 38.8. The van der Waals surface area contributed by atoms with Crippen LogP contribution in [0, 0.1) is 6.92 Å². The average Bonchev–Trinajstić information content (AvgIpc) is 2.96. The highest BCUT2D eigenvalue weighted by atomic mass is 32.1. The summed E-state index contributed by atoms with van der Waals surface area (Å²) >= 11 is 6.34. The number of halogens is 3. The number of thiocarbonyl (C=S) groups is 1. The van der Waals surface area contributed by atoms with Crippen LogP contribution in [0.4, 0.5) is 18.9 Å². The molecule has 2 aromatic rings. The third-order valence-electron chi connectivity index (χ3n) is 3.71. The normalized spacial score (nSPS) is 17.0. The molecular formula is C17H11F3N2O2S2. The molecule has 1 aromatic heterocycles. The van der Waals surface area contributed by atoms with E-state index in [9.17, 15) is 22.8 Å². The third kappa shape index (κ3) is 3.40. The smallest absolute Gasteiger partial charge is 0.298 e. The summed E-state index contributed by atoms with van der Waals surface area (Å²) in [5, 5.41) is 3.89. The summed E-state index contributed by atoms with van der Waals surface area (Å²) in [6.07, 6.45) is -3.15. The van der Waals surface area contributed by atoms with Crippen LogP contribution >= 0.6 is 23.6 Å². The van der Waals surface area contributed by atoms with E-state index >= 15 is 0 Å². The van der Waals surface area contributed by atoms with Crippen molar-refractivity contribution in [3.8, 4) is 0 Å². The van der Waals surface area contributed by atoms with E-state index in [0.717, 1.165) is 22.6 Å². The molecule has 1 saturated heterocycles. The number of carbonyl (C=O) groups is 2. The van der Waals surface area contributed by atoms with E-state index in [4.69, 9.17) is 12.2 Å². The lowest BCUT2D eigenvalue weighted by molar-refractivity contribution is -0.137. The minimum atomic E-state index is -4.56. The standard InChI is InChI=1S/C17H11F3N2O2S2/c1-9-5-6-26-13(9)8-12-14(23)21-16(25)22(15(12)24)11-4-2-3-10(7-11)17(18,19)20/h2-8H,1H3,(H,21,23,25)/b12-8+. The summed E-state index contributed by atoms with van der Waals surface area (Å²) in [4.78, 5) is 26.5. The fourth-order valence-corrected chi connectivity index (χ4v) is 3.52. The number of alkyl halides is 3. The number of nitrogens with one attached hydrogen (secondary N) is 1. The number of aryl methyl sites for hydroxylation is 1. The van der Waals surface area contributed by atoms with Crippen molar-refractivity contribution in [1.29, 1.82) is 0 Å². The van der Waals surface area contributed by atoms with Crippen molar-refractivity contribution in [2.24, 2.45) is 0 Å². The number of hydrogen-bond acceptors (Lipinski definition) is 4. The number of hydrogen-bond donors (Lipinski definition) is 1. The van der Waals surface area contributed by atoms with Gasteiger partial charge in [0.1, 0.15) is 5.57 Å². The number of carbonyl (C=O) groups excluding carboxylic acids is 2. The van der Waals surface area contributed by atoms with Crippen LogP contribution in [-0.4, -0.2) is 16.9 Å². The molecule has 0 bridgehead atoms. The van der Waals surface area contributed by atoms with Crippen molar-refractivity contribution in [1.82, 2.24) is 5.32 Å². The molecule has 0 saturated carbocycles. The Morgan fingerprint density at radius 3 is 2.58 bits per heavy atom. The molecule has 2 heterocycles. The number of benzene rings is 1. The zero-order chi connectivity index (χ0) is 19.1. The maximum atomic E-state index is 12.9. The summed E-state index contributed by atoms with van der Waals surface area (Å²) in [5.41, 5.74) is -0.297. The SMILES string of the molecule is Cc1ccsc1/C=C1\C(=O)NC(=S)N(c2cccc(C(F)(F)F)c2)C1=O. The van der Waals surface area contributed by atoms with Gasteiger partial charge in [-0.15, -0.1) is 11.3 Å². The lowest BCUT2D eigenvalue weighted by Crippen LogP contribution is -2.54. The quantitative estimate of drug-likeness (QED) is 0.476. The summed E-state index contributed by atoms with van der Waals surface area (Å²) in [5.74, 6) is -1.46. The second-order valence-corrected chi connectivity index (χ2v) is 6.81. The molecule has 0 atom stereocenters. The molecule has 26 heavy (non-hydrogen) atoms. The molecule has 0 unspecified atom stereocenters. The molecule has 9 heteroatoms. The highest BCUT2D eigenvalue weighted by Crippen LogP contribution is 2.33. The molecule has 0 radical (unpaired) electrons. The van der Waals surface area contributed by atoms with Gasteiger partial charge in [0.2, 0.25) is 0 Å². The molecule has 1 fully saturated rings. The van der Waals surface area contributed by atoms with Gasteiger partial charge in [-0.1, -0.05) is 6.07 Å². The molecule has 1 aliphatic rings. The van der Waals surface area contributed by atoms with Crippen LogP contribution in [0.25, 0.3) is 6.08 Å². The maximum Gasteiger partial charge on any atom is 0.416 e. The first-order valence-corrected chi connectivity index (χ1v) is 8.60. The molecule has 2 amide bonds. The first-order chi connectivity index (χ1) is 12.2. The van der Waals surface area contributed by atoms with Crippen molar-refractivity contribution in [3.63, 3.8) is 0 Å². The van der Waals surface area contributed by atoms with Crippen LogP contribution in [0.15, 0.2) is 41.3 Å². The Labute approximate surface area is 155 Å². The van der Waals surface area contributed by atoms with Gasteiger partial charge < -0.3 is 0 Å². The second kappa shape index (κ2) is 6.65. The Kier molecular flexibility index (Phi) is 4.68. The monoisotopic (exact) mass is 396 g/mol. The molecular weight excluding hydrogens is 385 g/mol. The van der Waals surface area contributed by atoms with Gasteiger partial charge in [0.15, 0.2) is 5.11 Å². The first kappa shape index (κ1) is 18.3. The minimum Gasteiger partial charge on any atom is -0.298 e. The Morgan fingerprint density at radius 1 is 1.23 bits per heavy atom. The molecule has 0 aliphatic carbocycles. The molecule has 1 aromatic carbocycles. The molecule has 1 aliphatic heterocycles. The average molecular weight is 396 g/mol. The first-order valence-electron chi connectivity index (χ1n) is 7.31. The highest BCUT2D eigenvalue weighted by molar-refractivity contribution is 7.80. The Morgan fingerprint density at radius 2 is 1.96 bits per heavy atom. The number of thiophene rings is 1. The van der Waals surface area contributed by atoms with Crippen molar-refractivity contribution < 1.29 is 22.8 Å². The van der Waals surface area contributed by atoms with Crippen molar-refractivity contribution in [2.45, 2.75) is 13.1 Å². The Balaban J connectivity index is 2.04.